The van der Waals surface area contributed by atoms with E-state index in [9.17, 15) is 9.18 Å². The molecule has 1 aromatic rings. The van der Waals surface area contributed by atoms with Crippen LogP contribution in [-0.2, 0) is 22.6 Å². The quantitative estimate of drug-likeness (QED) is 0.834. The van der Waals surface area contributed by atoms with Crippen molar-refractivity contribution in [2.45, 2.75) is 19.5 Å². The van der Waals surface area contributed by atoms with Gasteiger partial charge >= 0.3 is 5.97 Å². The van der Waals surface area contributed by atoms with Crippen molar-refractivity contribution < 1.29 is 13.9 Å². The molecule has 0 bridgehead atoms. The van der Waals surface area contributed by atoms with Gasteiger partial charge in [-0.05, 0) is 36.2 Å². The van der Waals surface area contributed by atoms with Crippen molar-refractivity contribution in [3.8, 4) is 0 Å². The summed E-state index contributed by atoms with van der Waals surface area (Å²) in [5.74, 6) is -0.489. The standard InChI is InChI=1S/C14H19FN2O2/c1-19-14(18)11-4-5-17(8-11)9-12-6-13(15)3-2-10(12)7-16/h2-3,6,11H,4-5,7-9,16H2,1H3. The Labute approximate surface area is 112 Å². The third kappa shape index (κ3) is 3.30. The minimum Gasteiger partial charge on any atom is -0.469 e. The molecule has 19 heavy (non-hydrogen) atoms. The summed E-state index contributed by atoms with van der Waals surface area (Å²) >= 11 is 0. The predicted molar refractivity (Wildman–Crippen MR) is 69.7 cm³/mol. The lowest BCUT2D eigenvalue weighted by atomic mass is 10.1. The number of ether oxygens (including phenoxy) is 1. The van der Waals surface area contributed by atoms with Crippen LogP contribution in [0.2, 0.25) is 0 Å². The average Bonchev–Trinajstić information content (AvgIpc) is 2.86. The van der Waals surface area contributed by atoms with Crippen LogP contribution in [0.4, 0.5) is 4.39 Å². The van der Waals surface area contributed by atoms with Gasteiger partial charge in [0.15, 0.2) is 0 Å². The highest BCUT2D eigenvalue weighted by atomic mass is 19.1. The number of nitrogens with two attached hydrogens (primary N) is 1. The summed E-state index contributed by atoms with van der Waals surface area (Å²) in [6.07, 6.45) is 0.792. The molecule has 1 heterocycles. The Kier molecular flexibility index (Phi) is 4.50. The first-order valence-corrected chi connectivity index (χ1v) is 6.41. The normalized spacial score (nSPS) is 19.6. The Hall–Kier alpha value is -1.46. The Morgan fingerprint density at radius 3 is 3.00 bits per heavy atom. The smallest absolute Gasteiger partial charge is 0.310 e. The maximum atomic E-state index is 13.3. The fraction of sp³-hybridized carbons (Fsp3) is 0.500. The van der Waals surface area contributed by atoms with E-state index in [1.807, 2.05) is 0 Å². The lowest BCUT2D eigenvalue weighted by molar-refractivity contribution is -0.144. The zero-order valence-electron chi connectivity index (χ0n) is 11.1. The van der Waals surface area contributed by atoms with Gasteiger partial charge in [0.2, 0.25) is 0 Å². The molecule has 0 aromatic heterocycles. The van der Waals surface area contributed by atoms with E-state index >= 15 is 0 Å². The van der Waals surface area contributed by atoms with Gasteiger partial charge in [-0.3, -0.25) is 9.69 Å². The highest BCUT2D eigenvalue weighted by Crippen LogP contribution is 2.21. The summed E-state index contributed by atoms with van der Waals surface area (Å²) in [6, 6.07) is 4.67. The Morgan fingerprint density at radius 2 is 2.32 bits per heavy atom. The van der Waals surface area contributed by atoms with Crippen LogP contribution < -0.4 is 5.73 Å². The van der Waals surface area contributed by atoms with Crippen molar-refractivity contribution in [1.82, 2.24) is 4.90 Å². The molecular weight excluding hydrogens is 247 g/mol. The zero-order chi connectivity index (χ0) is 13.8. The number of hydrogen-bond acceptors (Lipinski definition) is 4. The summed E-state index contributed by atoms with van der Waals surface area (Å²) in [6.45, 7) is 2.50. The van der Waals surface area contributed by atoms with Crippen LogP contribution in [0.3, 0.4) is 0 Å². The molecular formula is C14H19FN2O2. The molecule has 1 aromatic carbocycles. The van der Waals surface area contributed by atoms with Gasteiger partial charge in [-0.15, -0.1) is 0 Å². The van der Waals surface area contributed by atoms with Crippen molar-refractivity contribution >= 4 is 5.97 Å². The van der Waals surface area contributed by atoms with Crippen molar-refractivity contribution in [2.75, 3.05) is 20.2 Å². The van der Waals surface area contributed by atoms with Crippen molar-refractivity contribution in [1.29, 1.82) is 0 Å². The number of carbonyl (C=O) groups excluding carboxylic acids is 1. The van der Waals surface area contributed by atoms with Gasteiger partial charge in [0.25, 0.3) is 0 Å². The second-order valence-corrected chi connectivity index (χ2v) is 4.86. The van der Waals surface area contributed by atoms with Gasteiger partial charge in [-0.1, -0.05) is 6.07 Å². The van der Waals surface area contributed by atoms with E-state index in [0.717, 1.165) is 24.1 Å². The molecule has 0 amide bonds. The van der Waals surface area contributed by atoms with Crippen LogP contribution in [0.15, 0.2) is 18.2 Å². The molecule has 1 saturated heterocycles. The fourth-order valence-electron chi connectivity index (χ4n) is 2.52. The molecule has 5 heteroatoms. The molecule has 1 aliphatic heterocycles. The number of rotatable bonds is 4. The molecule has 0 saturated carbocycles. The lowest BCUT2D eigenvalue weighted by Crippen LogP contribution is -2.24. The number of benzene rings is 1. The molecule has 0 spiro atoms. The first-order chi connectivity index (χ1) is 9.13. The van der Waals surface area contributed by atoms with Gasteiger partial charge in [-0.2, -0.15) is 0 Å². The average molecular weight is 266 g/mol. The summed E-state index contributed by atoms with van der Waals surface area (Å²) in [4.78, 5) is 13.6. The molecule has 0 radical (unpaired) electrons. The maximum absolute atomic E-state index is 13.3. The van der Waals surface area contributed by atoms with E-state index in [4.69, 9.17) is 10.5 Å². The van der Waals surface area contributed by atoms with Gasteiger partial charge in [0, 0.05) is 19.6 Å². The topological polar surface area (TPSA) is 55.6 Å². The second-order valence-electron chi connectivity index (χ2n) is 4.86. The predicted octanol–water partition coefficient (Wildman–Crippen LogP) is 1.28. The fourth-order valence-corrected chi connectivity index (χ4v) is 2.52. The Morgan fingerprint density at radius 1 is 1.53 bits per heavy atom. The number of esters is 1. The zero-order valence-corrected chi connectivity index (χ0v) is 11.1. The first kappa shape index (κ1) is 14.0. The third-order valence-electron chi connectivity index (χ3n) is 3.59. The molecule has 2 N–H and O–H groups in total. The molecule has 1 unspecified atom stereocenters. The third-order valence-corrected chi connectivity index (χ3v) is 3.59. The molecule has 104 valence electrons. The van der Waals surface area contributed by atoms with E-state index in [0.29, 0.717) is 19.6 Å². The van der Waals surface area contributed by atoms with Gasteiger partial charge in [0.05, 0.1) is 13.0 Å². The Bertz CT molecular complexity index is 465. The molecule has 2 rings (SSSR count). The lowest BCUT2D eigenvalue weighted by Gasteiger charge is -2.17. The number of likely N-dealkylation sites (tertiary alicyclic amines) is 1. The SMILES string of the molecule is COC(=O)C1CCN(Cc2cc(F)ccc2CN)C1. The van der Waals surface area contributed by atoms with Gasteiger partial charge < -0.3 is 10.5 Å². The summed E-state index contributed by atoms with van der Waals surface area (Å²) in [5, 5.41) is 0. The maximum Gasteiger partial charge on any atom is 0.310 e. The van der Waals surface area contributed by atoms with Crippen LogP contribution >= 0.6 is 0 Å². The minimum atomic E-state index is -0.254. The van der Waals surface area contributed by atoms with E-state index in [1.165, 1.54) is 19.2 Å². The molecule has 4 nitrogen and oxygen atoms in total. The summed E-state index contributed by atoms with van der Waals surface area (Å²) in [5.41, 5.74) is 7.50. The molecule has 1 fully saturated rings. The second kappa shape index (κ2) is 6.12. The van der Waals surface area contributed by atoms with Crippen LogP contribution in [0.5, 0.6) is 0 Å². The van der Waals surface area contributed by atoms with E-state index in [-0.39, 0.29) is 17.7 Å². The molecule has 1 aliphatic rings. The monoisotopic (exact) mass is 266 g/mol. The number of methoxy groups -OCH3 is 1. The Balaban J connectivity index is 2.03. The largest absolute Gasteiger partial charge is 0.469 e. The molecule has 1 atom stereocenters. The van der Waals surface area contributed by atoms with Gasteiger partial charge in [-0.25, -0.2) is 4.39 Å². The van der Waals surface area contributed by atoms with Crippen molar-refractivity contribution in [3.63, 3.8) is 0 Å². The van der Waals surface area contributed by atoms with Crippen molar-refractivity contribution in [2.24, 2.45) is 11.7 Å². The highest BCUT2D eigenvalue weighted by molar-refractivity contribution is 5.72. The highest BCUT2D eigenvalue weighted by Gasteiger charge is 2.29. The van der Waals surface area contributed by atoms with E-state index in [2.05, 4.69) is 4.90 Å². The van der Waals surface area contributed by atoms with E-state index in [1.54, 1.807) is 6.07 Å². The van der Waals surface area contributed by atoms with Crippen LogP contribution in [0.25, 0.3) is 0 Å². The summed E-state index contributed by atoms with van der Waals surface area (Å²) in [7, 11) is 1.41. The first-order valence-electron chi connectivity index (χ1n) is 6.41. The van der Waals surface area contributed by atoms with Crippen LogP contribution in [0, 0.1) is 11.7 Å². The summed E-state index contributed by atoms with van der Waals surface area (Å²) < 4.78 is 18.0. The number of carbonyl (C=O) groups is 1. The van der Waals surface area contributed by atoms with E-state index < -0.39 is 0 Å². The van der Waals surface area contributed by atoms with Gasteiger partial charge in [0.1, 0.15) is 5.82 Å². The number of nitrogens with zero attached hydrogens (tertiary/aromatic N) is 1. The number of hydrogen-bond donors (Lipinski definition) is 1. The molecule has 0 aliphatic carbocycles. The van der Waals surface area contributed by atoms with Crippen LogP contribution in [0.1, 0.15) is 17.5 Å². The number of halogens is 1. The van der Waals surface area contributed by atoms with Crippen molar-refractivity contribution in [3.05, 3.63) is 35.1 Å². The minimum absolute atomic E-state index is 0.0696. The van der Waals surface area contributed by atoms with Crippen LogP contribution in [-0.4, -0.2) is 31.1 Å².